The van der Waals surface area contributed by atoms with Crippen molar-refractivity contribution in [3.05, 3.63) is 0 Å². The van der Waals surface area contributed by atoms with Gasteiger partial charge in [0.1, 0.15) is 0 Å². The number of nitrogens with zero attached hydrogens (tertiary/aromatic N) is 1. The fourth-order valence-corrected chi connectivity index (χ4v) is 3.49. The predicted molar refractivity (Wildman–Crippen MR) is 69.8 cm³/mol. The number of likely N-dealkylation sites (tertiary alicyclic amines) is 1. The van der Waals surface area contributed by atoms with E-state index in [-0.39, 0.29) is 0 Å². The second kappa shape index (κ2) is 6.61. The summed E-state index contributed by atoms with van der Waals surface area (Å²) in [5, 5.41) is 3.55. The lowest BCUT2D eigenvalue weighted by molar-refractivity contribution is 0.115. The van der Waals surface area contributed by atoms with Crippen molar-refractivity contribution in [1.29, 1.82) is 0 Å². The molecule has 0 aromatic rings. The monoisotopic (exact) mass is 224 g/mol. The van der Waals surface area contributed by atoms with Gasteiger partial charge in [0, 0.05) is 12.1 Å². The van der Waals surface area contributed by atoms with Gasteiger partial charge >= 0.3 is 0 Å². The summed E-state index contributed by atoms with van der Waals surface area (Å²) in [6.45, 7) is 2.70. The van der Waals surface area contributed by atoms with Crippen molar-refractivity contribution < 1.29 is 0 Å². The summed E-state index contributed by atoms with van der Waals surface area (Å²) < 4.78 is 0. The maximum atomic E-state index is 3.55. The van der Waals surface area contributed by atoms with Crippen LogP contribution in [0.4, 0.5) is 0 Å². The van der Waals surface area contributed by atoms with E-state index in [1.165, 1.54) is 70.9 Å². The van der Waals surface area contributed by atoms with E-state index in [0.717, 1.165) is 12.1 Å². The van der Waals surface area contributed by atoms with Gasteiger partial charge in [-0.3, -0.25) is 4.90 Å². The fraction of sp³-hybridized carbons (Fsp3) is 1.00. The van der Waals surface area contributed by atoms with Crippen molar-refractivity contribution in [3.63, 3.8) is 0 Å². The Morgan fingerprint density at radius 2 is 1.44 bits per heavy atom. The van der Waals surface area contributed by atoms with Crippen molar-refractivity contribution in [2.45, 2.75) is 69.9 Å². The van der Waals surface area contributed by atoms with Crippen LogP contribution in [0.25, 0.3) is 0 Å². The van der Waals surface area contributed by atoms with Crippen molar-refractivity contribution in [2.24, 2.45) is 0 Å². The van der Waals surface area contributed by atoms with Crippen molar-refractivity contribution in [1.82, 2.24) is 10.2 Å². The number of likely N-dealkylation sites (N-methyl/N-ethyl adjacent to an activating group) is 1. The highest BCUT2D eigenvalue weighted by molar-refractivity contribution is 4.87. The molecule has 1 heterocycles. The van der Waals surface area contributed by atoms with E-state index < -0.39 is 0 Å². The molecule has 2 heteroatoms. The average molecular weight is 224 g/mol. The van der Waals surface area contributed by atoms with Crippen molar-refractivity contribution in [3.8, 4) is 0 Å². The molecule has 1 aliphatic heterocycles. The van der Waals surface area contributed by atoms with Crippen LogP contribution in [0.15, 0.2) is 0 Å². The van der Waals surface area contributed by atoms with E-state index in [4.69, 9.17) is 0 Å². The molecule has 16 heavy (non-hydrogen) atoms. The Balaban J connectivity index is 1.90. The Labute approximate surface area is 101 Å². The molecule has 1 saturated carbocycles. The fourth-order valence-electron chi connectivity index (χ4n) is 3.49. The molecule has 0 bridgehead atoms. The second-order valence-electron chi connectivity index (χ2n) is 5.55. The molecule has 0 amide bonds. The van der Waals surface area contributed by atoms with E-state index in [0.29, 0.717) is 0 Å². The summed E-state index contributed by atoms with van der Waals surface area (Å²) in [4.78, 5) is 2.79. The average Bonchev–Trinajstić information content (AvgIpc) is 2.29. The first-order valence-electron chi connectivity index (χ1n) is 7.33. The predicted octanol–water partition coefficient (Wildman–Crippen LogP) is 2.78. The molecule has 94 valence electrons. The van der Waals surface area contributed by atoms with Gasteiger partial charge in [-0.1, -0.05) is 32.1 Å². The summed E-state index contributed by atoms with van der Waals surface area (Å²) in [6, 6.07) is 1.59. The third kappa shape index (κ3) is 3.21. The molecule has 0 spiro atoms. The topological polar surface area (TPSA) is 15.3 Å². The number of nitrogens with one attached hydrogen (secondary N) is 1. The normalized spacial score (nSPS) is 34.3. The summed E-state index contributed by atoms with van der Waals surface area (Å²) in [6.07, 6.45) is 12.9. The van der Waals surface area contributed by atoms with E-state index in [1.807, 2.05) is 0 Å². The molecule has 0 aromatic heterocycles. The van der Waals surface area contributed by atoms with Crippen LogP contribution in [0.2, 0.25) is 0 Å². The molecular weight excluding hydrogens is 196 g/mol. The van der Waals surface area contributed by atoms with Crippen molar-refractivity contribution >= 4 is 0 Å². The Morgan fingerprint density at radius 1 is 0.812 bits per heavy atom. The van der Waals surface area contributed by atoms with Gasteiger partial charge in [0.2, 0.25) is 0 Å². The maximum absolute atomic E-state index is 3.55. The minimum Gasteiger partial charge on any atom is -0.315 e. The summed E-state index contributed by atoms with van der Waals surface area (Å²) >= 11 is 0. The Hall–Kier alpha value is -0.0800. The number of rotatable bonds is 2. The standard InChI is InChI=1S/C14H28N2/c1-15-13-9-5-6-10-14(13)16-11-7-3-2-4-8-12-16/h13-15H,2-12H2,1H3/t13-,14-/m1/s1. The molecule has 2 nitrogen and oxygen atoms in total. The number of hydrogen-bond donors (Lipinski definition) is 1. The summed E-state index contributed by atoms with van der Waals surface area (Å²) in [5.41, 5.74) is 0. The molecule has 2 fully saturated rings. The summed E-state index contributed by atoms with van der Waals surface area (Å²) in [5.74, 6) is 0. The molecule has 2 aliphatic rings. The van der Waals surface area contributed by atoms with Crippen LogP contribution < -0.4 is 5.32 Å². The van der Waals surface area contributed by atoms with E-state index in [1.54, 1.807) is 0 Å². The van der Waals surface area contributed by atoms with Crippen LogP contribution in [0.1, 0.15) is 57.8 Å². The zero-order chi connectivity index (χ0) is 11.2. The Bertz CT molecular complexity index is 185. The lowest BCUT2D eigenvalue weighted by atomic mass is 9.88. The number of hydrogen-bond acceptors (Lipinski definition) is 2. The zero-order valence-corrected chi connectivity index (χ0v) is 10.9. The van der Waals surface area contributed by atoms with Gasteiger partial charge in [0.15, 0.2) is 0 Å². The minimum absolute atomic E-state index is 0.758. The molecule has 0 aromatic carbocycles. The van der Waals surface area contributed by atoms with E-state index in [9.17, 15) is 0 Å². The zero-order valence-electron chi connectivity index (χ0n) is 10.9. The summed E-state index contributed by atoms with van der Waals surface area (Å²) in [7, 11) is 2.15. The maximum Gasteiger partial charge on any atom is 0.0249 e. The van der Waals surface area contributed by atoms with Crippen LogP contribution >= 0.6 is 0 Å². The van der Waals surface area contributed by atoms with E-state index in [2.05, 4.69) is 17.3 Å². The van der Waals surface area contributed by atoms with E-state index >= 15 is 0 Å². The quantitative estimate of drug-likeness (QED) is 0.776. The SMILES string of the molecule is CN[C@@H]1CCCC[C@H]1N1CCCCCCC1. The lowest BCUT2D eigenvalue weighted by Gasteiger charge is -2.40. The third-order valence-electron chi connectivity index (χ3n) is 4.46. The molecule has 0 radical (unpaired) electrons. The largest absolute Gasteiger partial charge is 0.315 e. The molecule has 2 rings (SSSR count). The molecular formula is C14H28N2. The van der Waals surface area contributed by atoms with Crippen LogP contribution in [-0.2, 0) is 0 Å². The highest BCUT2D eigenvalue weighted by Gasteiger charge is 2.28. The second-order valence-corrected chi connectivity index (χ2v) is 5.55. The van der Waals surface area contributed by atoms with Gasteiger partial charge in [-0.05, 0) is 45.8 Å². The minimum atomic E-state index is 0.758. The molecule has 0 unspecified atom stereocenters. The van der Waals surface area contributed by atoms with Crippen LogP contribution in [0.5, 0.6) is 0 Å². The lowest BCUT2D eigenvalue weighted by Crippen LogP contribution is -2.51. The van der Waals surface area contributed by atoms with Gasteiger partial charge < -0.3 is 5.32 Å². The molecule has 2 atom stereocenters. The first-order valence-corrected chi connectivity index (χ1v) is 7.33. The Kier molecular flexibility index (Phi) is 5.11. The van der Waals surface area contributed by atoms with Gasteiger partial charge in [0.05, 0.1) is 0 Å². The van der Waals surface area contributed by atoms with Gasteiger partial charge in [-0.2, -0.15) is 0 Å². The first-order chi connectivity index (χ1) is 7.92. The third-order valence-corrected chi connectivity index (χ3v) is 4.46. The molecule has 1 aliphatic carbocycles. The first kappa shape index (κ1) is 12.4. The van der Waals surface area contributed by atoms with Crippen LogP contribution in [-0.4, -0.2) is 37.1 Å². The molecule has 1 N–H and O–H groups in total. The van der Waals surface area contributed by atoms with Gasteiger partial charge in [-0.15, -0.1) is 0 Å². The van der Waals surface area contributed by atoms with Crippen LogP contribution in [0.3, 0.4) is 0 Å². The highest BCUT2D eigenvalue weighted by atomic mass is 15.2. The van der Waals surface area contributed by atoms with Gasteiger partial charge in [-0.25, -0.2) is 0 Å². The Morgan fingerprint density at radius 3 is 2.12 bits per heavy atom. The van der Waals surface area contributed by atoms with Gasteiger partial charge in [0.25, 0.3) is 0 Å². The smallest absolute Gasteiger partial charge is 0.0249 e. The molecule has 1 saturated heterocycles. The highest BCUT2D eigenvalue weighted by Crippen LogP contribution is 2.25. The van der Waals surface area contributed by atoms with Crippen molar-refractivity contribution in [2.75, 3.05) is 20.1 Å². The van der Waals surface area contributed by atoms with Crippen LogP contribution in [0, 0.1) is 0 Å².